The SMILES string of the molecule is CC(C)(C)OC(=O)NC(CCC(=O)ON1C(=O)c2ccccc2C1=O)c1ccccc1. The second-order valence-corrected chi connectivity index (χ2v) is 8.06. The van der Waals surface area contributed by atoms with Crippen molar-refractivity contribution >= 4 is 23.9 Å². The van der Waals surface area contributed by atoms with E-state index < -0.39 is 35.5 Å². The van der Waals surface area contributed by atoms with Crippen LogP contribution in [0.25, 0.3) is 0 Å². The van der Waals surface area contributed by atoms with Gasteiger partial charge in [-0.25, -0.2) is 9.59 Å². The zero-order chi connectivity index (χ0) is 22.6. The van der Waals surface area contributed by atoms with E-state index in [1.807, 2.05) is 30.3 Å². The fraction of sp³-hybridized carbons (Fsp3) is 0.304. The van der Waals surface area contributed by atoms with Crippen molar-refractivity contribution < 1.29 is 28.8 Å². The van der Waals surface area contributed by atoms with Crippen LogP contribution in [0.5, 0.6) is 0 Å². The van der Waals surface area contributed by atoms with Gasteiger partial charge in [-0.2, -0.15) is 0 Å². The highest BCUT2D eigenvalue weighted by Gasteiger charge is 2.38. The maximum Gasteiger partial charge on any atom is 0.408 e. The van der Waals surface area contributed by atoms with Gasteiger partial charge in [-0.1, -0.05) is 47.5 Å². The summed E-state index contributed by atoms with van der Waals surface area (Å²) in [4.78, 5) is 54.3. The fourth-order valence-corrected chi connectivity index (χ4v) is 3.12. The minimum atomic E-state index is -0.763. The minimum absolute atomic E-state index is 0.136. The van der Waals surface area contributed by atoms with Gasteiger partial charge in [0.15, 0.2) is 0 Å². The predicted molar refractivity (Wildman–Crippen MR) is 111 cm³/mol. The molecule has 2 aromatic rings. The van der Waals surface area contributed by atoms with Crippen molar-refractivity contribution in [2.75, 3.05) is 0 Å². The van der Waals surface area contributed by atoms with Crippen molar-refractivity contribution in [2.45, 2.75) is 45.3 Å². The number of fused-ring (bicyclic) bond motifs is 1. The van der Waals surface area contributed by atoms with Crippen molar-refractivity contribution in [1.29, 1.82) is 0 Å². The molecule has 0 aliphatic carbocycles. The second-order valence-electron chi connectivity index (χ2n) is 8.06. The molecule has 3 amide bonds. The Hall–Kier alpha value is -3.68. The summed E-state index contributed by atoms with van der Waals surface area (Å²) < 4.78 is 5.30. The lowest BCUT2D eigenvalue weighted by Gasteiger charge is -2.24. The average molecular weight is 424 g/mol. The summed E-state index contributed by atoms with van der Waals surface area (Å²) in [6, 6.07) is 14.8. The van der Waals surface area contributed by atoms with Crippen LogP contribution in [0.4, 0.5) is 4.79 Å². The molecule has 1 heterocycles. The molecular weight excluding hydrogens is 400 g/mol. The number of carbonyl (C=O) groups excluding carboxylic acids is 4. The van der Waals surface area contributed by atoms with E-state index in [-0.39, 0.29) is 24.0 Å². The third kappa shape index (κ3) is 5.48. The number of hydrogen-bond acceptors (Lipinski definition) is 6. The quantitative estimate of drug-likeness (QED) is 0.708. The Morgan fingerprint density at radius 3 is 2.03 bits per heavy atom. The van der Waals surface area contributed by atoms with Crippen LogP contribution >= 0.6 is 0 Å². The first-order valence-electron chi connectivity index (χ1n) is 9.89. The second kappa shape index (κ2) is 8.99. The first kappa shape index (κ1) is 22.0. The Morgan fingerprint density at radius 1 is 0.935 bits per heavy atom. The van der Waals surface area contributed by atoms with Crippen LogP contribution in [0.3, 0.4) is 0 Å². The Bertz CT molecular complexity index is 962. The summed E-state index contributed by atoms with van der Waals surface area (Å²) in [5.41, 5.74) is 0.487. The smallest absolute Gasteiger partial charge is 0.408 e. The number of rotatable bonds is 6. The molecule has 0 saturated heterocycles. The van der Waals surface area contributed by atoms with E-state index in [1.54, 1.807) is 32.9 Å². The van der Waals surface area contributed by atoms with E-state index in [1.165, 1.54) is 12.1 Å². The molecule has 0 aromatic heterocycles. The van der Waals surface area contributed by atoms with Crippen LogP contribution < -0.4 is 5.32 Å². The van der Waals surface area contributed by atoms with Crippen LogP contribution in [0.2, 0.25) is 0 Å². The molecule has 0 fully saturated rings. The number of alkyl carbamates (subject to hydrolysis) is 1. The molecule has 1 atom stereocenters. The molecule has 1 unspecified atom stereocenters. The molecule has 8 nitrogen and oxygen atoms in total. The highest BCUT2D eigenvalue weighted by atomic mass is 16.7. The fourth-order valence-electron chi connectivity index (χ4n) is 3.12. The first-order valence-corrected chi connectivity index (χ1v) is 9.89. The van der Waals surface area contributed by atoms with E-state index in [0.29, 0.717) is 5.06 Å². The van der Waals surface area contributed by atoms with Gasteiger partial charge in [-0.15, -0.1) is 0 Å². The van der Waals surface area contributed by atoms with Gasteiger partial charge < -0.3 is 14.9 Å². The van der Waals surface area contributed by atoms with E-state index >= 15 is 0 Å². The summed E-state index contributed by atoms with van der Waals surface area (Å²) in [6.07, 6.45) is -0.566. The molecule has 31 heavy (non-hydrogen) atoms. The highest BCUT2D eigenvalue weighted by molar-refractivity contribution is 6.20. The lowest BCUT2D eigenvalue weighted by atomic mass is 10.0. The van der Waals surface area contributed by atoms with Crippen LogP contribution in [-0.4, -0.2) is 34.5 Å². The van der Waals surface area contributed by atoms with Crippen molar-refractivity contribution in [2.24, 2.45) is 0 Å². The molecule has 0 radical (unpaired) electrons. The zero-order valence-electron chi connectivity index (χ0n) is 17.6. The van der Waals surface area contributed by atoms with Gasteiger partial charge >= 0.3 is 12.1 Å². The third-order valence-corrected chi connectivity index (χ3v) is 4.48. The lowest BCUT2D eigenvalue weighted by Crippen LogP contribution is -2.36. The number of ether oxygens (including phenoxy) is 1. The highest BCUT2D eigenvalue weighted by Crippen LogP contribution is 2.24. The Balaban J connectivity index is 1.63. The first-order chi connectivity index (χ1) is 14.7. The van der Waals surface area contributed by atoms with Gasteiger partial charge in [0, 0.05) is 0 Å². The normalized spacial score (nSPS) is 14.1. The van der Waals surface area contributed by atoms with Crippen LogP contribution in [0.15, 0.2) is 54.6 Å². The number of nitrogens with zero attached hydrogens (tertiary/aromatic N) is 1. The summed E-state index contributed by atoms with van der Waals surface area (Å²) in [6.45, 7) is 5.26. The number of carbonyl (C=O) groups is 4. The maximum absolute atomic E-state index is 12.4. The van der Waals surface area contributed by atoms with Crippen LogP contribution in [-0.2, 0) is 14.4 Å². The number of hydroxylamine groups is 2. The van der Waals surface area contributed by atoms with Gasteiger partial charge in [0.25, 0.3) is 11.8 Å². The molecule has 0 spiro atoms. The minimum Gasteiger partial charge on any atom is -0.444 e. The molecular formula is C23H24N2O6. The van der Waals surface area contributed by atoms with Crippen molar-refractivity contribution in [3.05, 3.63) is 71.3 Å². The average Bonchev–Trinajstić information content (AvgIpc) is 2.95. The molecule has 2 aromatic carbocycles. The van der Waals surface area contributed by atoms with Gasteiger partial charge in [0.1, 0.15) is 5.60 Å². The molecule has 162 valence electrons. The third-order valence-electron chi connectivity index (χ3n) is 4.48. The number of hydrogen-bond donors (Lipinski definition) is 1. The van der Waals surface area contributed by atoms with E-state index in [9.17, 15) is 19.2 Å². The molecule has 1 aliphatic rings. The van der Waals surface area contributed by atoms with Crippen LogP contribution in [0.1, 0.15) is 65.9 Å². The van der Waals surface area contributed by atoms with E-state index in [4.69, 9.17) is 9.57 Å². The Labute approximate surface area is 180 Å². The van der Waals surface area contributed by atoms with Crippen molar-refractivity contribution in [3.63, 3.8) is 0 Å². The number of imide groups is 1. The molecule has 1 aliphatic heterocycles. The van der Waals surface area contributed by atoms with Gasteiger partial charge in [0.2, 0.25) is 0 Å². The molecule has 3 rings (SSSR count). The van der Waals surface area contributed by atoms with E-state index in [2.05, 4.69) is 5.32 Å². The van der Waals surface area contributed by atoms with Gasteiger partial charge in [-0.3, -0.25) is 9.59 Å². The number of amides is 3. The predicted octanol–water partition coefficient (Wildman–Crippen LogP) is 3.79. The summed E-state index contributed by atoms with van der Waals surface area (Å²) in [7, 11) is 0. The standard InChI is InChI=1S/C23H24N2O6/c1-23(2,3)30-22(29)24-18(15-9-5-4-6-10-15)13-14-19(26)31-25-20(27)16-11-7-8-12-17(16)21(25)28/h4-12,18H,13-14H2,1-3H3,(H,24,29). The largest absolute Gasteiger partial charge is 0.444 e. The van der Waals surface area contributed by atoms with Crippen LogP contribution in [0, 0.1) is 0 Å². The molecule has 1 N–H and O–H groups in total. The Kier molecular flexibility index (Phi) is 6.39. The van der Waals surface area contributed by atoms with Gasteiger partial charge in [-0.05, 0) is 44.9 Å². The monoisotopic (exact) mass is 424 g/mol. The maximum atomic E-state index is 12.4. The number of benzene rings is 2. The zero-order valence-corrected chi connectivity index (χ0v) is 17.6. The van der Waals surface area contributed by atoms with E-state index in [0.717, 1.165) is 5.56 Å². The van der Waals surface area contributed by atoms with Crippen molar-refractivity contribution in [1.82, 2.24) is 10.4 Å². The van der Waals surface area contributed by atoms with Crippen molar-refractivity contribution in [3.8, 4) is 0 Å². The van der Waals surface area contributed by atoms with Gasteiger partial charge in [0.05, 0.1) is 23.6 Å². The molecule has 8 heteroatoms. The summed E-state index contributed by atoms with van der Waals surface area (Å²) >= 11 is 0. The molecule has 0 bridgehead atoms. The number of nitrogens with one attached hydrogen (secondary N) is 1. The topological polar surface area (TPSA) is 102 Å². The Morgan fingerprint density at radius 2 is 1.48 bits per heavy atom. The summed E-state index contributed by atoms with van der Waals surface area (Å²) in [5, 5.41) is 3.23. The summed E-state index contributed by atoms with van der Waals surface area (Å²) in [5.74, 6) is -2.12. The molecule has 0 saturated carbocycles. The lowest BCUT2D eigenvalue weighted by molar-refractivity contribution is -0.168.